The molecule has 1 aromatic rings. The van der Waals surface area contributed by atoms with Crippen LogP contribution in [0.1, 0.15) is 18.4 Å². The van der Waals surface area contributed by atoms with Crippen LogP contribution in [0.15, 0.2) is 42.1 Å². The molecular formula is C16H19N3O3. The monoisotopic (exact) mass is 301 g/mol. The van der Waals surface area contributed by atoms with Crippen LogP contribution < -0.4 is 10.6 Å². The van der Waals surface area contributed by atoms with Gasteiger partial charge in [-0.1, -0.05) is 30.3 Å². The second-order valence-corrected chi connectivity index (χ2v) is 4.61. The summed E-state index contributed by atoms with van der Waals surface area (Å²) in [7, 11) is 0. The molecule has 0 spiro atoms. The molecular weight excluding hydrogens is 282 g/mol. The van der Waals surface area contributed by atoms with Gasteiger partial charge < -0.3 is 15.7 Å². The normalized spacial score (nSPS) is 10.6. The van der Waals surface area contributed by atoms with Crippen LogP contribution in [0.4, 0.5) is 0 Å². The number of carboxylic acids is 1. The number of benzene rings is 1. The van der Waals surface area contributed by atoms with Gasteiger partial charge in [-0.25, -0.2) is 0 Å². The van der Waals surface area contributed by atoms with E-state index in [1.165, 1.54) is 11.8 Å². The van der Waals surface area contributed by atoms with Crippen molar-refractivity contribution in [2.24, 2.45) is 0 Å². The quantitative estimate of drug-likeness (QED) is 0.361. The number of amides is 1. The molecule has 0 aliphatic heterocycles. The van der Waals surface area contributed by atoms with Crippen LogP contribution in [0.5, 0.6) is 0 Å². The summed E-state index contributed by atoms with van der Waals surface area (Å²) >= 11 is 0. The fourth-order valence-electron chi connectivity index (χ4n) is 1.74. The van der Waals surface area contributed by atoms with Gasteiger partial charge in [-0.05, 0) is 18.4 Å². The Balaban J connectivity index is 2.28. The number of rotatable bonds is 9. The molecule has 3 N–H and O–H groups in total. The van der Waals surface area contributed by atoms with Crippen LogP contribution in [0.25, 0.3) is 0 Å². The zero-order valence-electron chi connectivity index (χ0n) is 12.2. The van der Waals surface area contributed by atoms with Gasteiger partial charge in [0, 0.05) is 19.3 Å². The van der Waals surface area contributed by atoms with Crippen molar-refractivity contribution in [2.75, 3.05) is 13.1 Å². The van der Waals surface area contributed by atoms with E-state index in [4.69, 9.17) is 10.4 Å². The van der Waals surface area contributed by atoms with E-state index in [-0.39, 0.29) is 18.5 Å². The van der Waals surface area contributed by atoms with Crippen molar-refractivity contribution in [3.05, 3.63) is 47.7 Å². The lowest BCUT2D eigenvalue weighted by Crippen LogP contribution is -2.28. The predicted molar refractivity (Wildman–Crippen MR) is 81.7 cm³/mol. The van der Waals surface area contributed by atoms with Crippen LogP contribution in [0.3, 0.4) is 0 Å². The van der Waals surface area contributed by atoms with E-state index in [0.29, 0.717) is 6.54 Å². The SMILES string of the molecule is N#C/C(=C/NCCCc1ccccc1)C(=O)NCCC(=O)O. The molecule has 0 heterocycles. The molecule has 0 atom stereocenters. The summed E-state index contributed by atoms with van der Waals surface area (Å²) in [6.45, 7) is 0.643. The Kier molecular flexibility index (Phi) is 7.83. The van der Waals surface area contributed by atoms with Crippen molar-refractivity contribution >= 4 is 11.9 Å². The molecule has 1 aromatic carbocycles. The van der Waals surface area contributed by atoms with Gasteiger partial charge in [-0.3, -0.25) is 9.59 Å². The number of nitriles is 1. The summed E-state index contributed by atoms with van der Waals surface area (Å²) in [6, 6.07) is 11.8. The first-order chi connectivity index (χ1) is 10.6. The summed E-state index contributed by atoms with van der Waals surface area (Å²) in [5, 5.41) is 22.7. The van der Waals surface area contributed by atoms with Crippen LogP contribution in [-0.4, -0.2) is 30.1 Å². The fourth-order valence-corrected chi connectivity index (χ4v) is 1.74. The van der Waals surface area contributed by atoms with Crippen LogP contribution in [0, 0.1) is 11.3 Å². The van der Waals surface area contributed by atoms with Crippen molar-refractivity contribution in [2.45, 2.75) is 19.3 Å². The third-order valence-electron chi connectivity index (χ3n) is 2.87. The Morgan fingerprint density at radius 2 is 1.95 bits per heavy atom. The molecule has 22 heavy (non-hydrogen) atoms. The number of nitrogens with zero attached hydrogens (tertiary/aromatic N) is 1. The molecule has 6 nitrogen and oxygen atoms in total. The summed E-state index contributed by atoms with van der Waals surface area (Å²) < 4.78 is 0. The summed E-state index contributed by atoms with van der Waals surface area (Å²) in [5.74, 6) is -1.57. The Bertz CT molecular complexity index is 562. The van der Waals surface area contributed by atoms with Gasteiger partial charge in [0.2, 0.25) is 0 Å². The molecule has 0 aliphatic carbocycles. The molecule has 0 aliphatic rings. The lowest BCUT2D eigenvalue weighted by Gasteiger charge is -2.04. The largest absolute Gasteiger partial charge is 0.481 e. The minimum atomic E-state index is -0.998. The minimum absolute atomic E-state index is 0.00118. The minimum Gasteiger partial charge on any atom is -0.481 e. The number of hydrogen-bond acceptors (Lipinski definition) is 4. The zero-order chi connectivity index (χ0) is 16.2. The summed E-state index contributed by atoms with van der Waals surface area (Å²) in [5.41, 5.74) is 1.17. The molecule has 1 amide bonds. The maximum atomic E-state index is 11.6. The molecule has 0 bridgehead atoms. The van der Waals surface area contributed by atoms with E-state index < -0.39 is 11.9 Å². The Morgan fingerprint density at radius 1 is 1.23 bits per heavy atom. The van der Waals surface area contributed by atoms with E-state index in [1.54, 1.807) is 6.07 Å². The van der Waals surface area contributed by atoms with Crippen LogP contribution in [-0.2, 0) is 16.0 Å². The highest BCUT2D eigenvalue weighted by molar-refractivity contribution is 5.97. The topological polar surface area (TPSA) is 102 Å². The van der Waals surface area contributed by atoms with Crippen LogP contribution in [0.2, 0.25) is 0 Å². The number of aliphatic carboxylic acids is 1. The number of carboxylic acid groups (broad SMARTS) is 1. The molecule has 0 saturated carbocycles. The Morgan fingerprint density at radius 3 is 2.59 bits per heavy atom. The third kappa shape index (κ3) is 7.10. The molecule has 0 aromatic heterocycles. The highest BCUT2D eigenvalue weighted by Gasteiger charge is 2.08. The lowest BCUT2D eigenvalue weighted by atomic mass is 10.1. The van der Waals surface area contributed by atoms with Gasteiger partial charge in [0.25, 0.3) is 5.91 Å². The fraction of sp³-hybridized carbons (Fsp3) is 0.312. The number of hydrogen-bond donors (Lipinski definition) is 3. The standard InChI is InChI=1S/C16H19N3O3/c17-11-14(16(22)19-10-8-15(20)21)12-18-9-4-7-13-5-2-1-3-6-13/h1-3,5-6,12,18H,4,7-10H2,(H,19,22)(H,20,21)/b14-12-. The number of nitrogens with one attached hydrogen (secondary N) is 2. The van der Waals surface area contributed by atoms with Gasteiger partial charge in [-0.2, -0.15) is 5.26 Å². The van der Waals surface area contributed by atoms with Crippen molar-refractivity contribution in [1.82, 2.24) is 10.6 Å². The average molecular weight is 301 g/mol. The van der Waals surface area contributed by atoms with E-state index in [1.807, 2.05) is 30.3 Å². The molecule has 0 unspecified atom stereocenters. The molecule has 1 rings (SSSR count). The first kappa shape index (κ1) is 17.2. The maximum Gasteiger partial charge on any atom is 0.305 e. The second kappa shape index (κ2) is 10.00. The zero-order valence-corrected chi connectivity index (χ0v) is 12.2. The average Bonchev–Trinajstić information content (AvgIpc) is 2.51. The van der Waals surface area contributed by atoms with E-state index in [9.17, 15) is 9.59 Å². The maximum absolute atomic E-state index is 11.6. The molecule has 116 valence electrons. The van der Waals surface area contributed by atoms with Gasteiger partial charge in [-0.15, -0.1) is 0 Å². The predicted octanol–water partition coefficient (Wildman–Crippen LogP) is 1.21. The Labute approximate surface area is 129 Å². The third-order valence-corrected chi connectivity index (χ3v) is 2.87. The van der Waals surface area contributed by atoms with Gasteiger partial charge >= 0.3 is 5.97 Å². The molecule has 6 heteroatoms. The summed E-state index contributed by atoms with van der Waals surface area (Å²) in [4.78, 5) is 21.9. The van der Waals surface area contributed by atoms with Gasteiger partial charge in [0.15, 0.2) is 0 Å². The van der Waals surface area contributed by atoms with Crippen molar-refractivity contribution < 1.29 is 14.7 Å². The van der Waals surface area contributed by atoms with Gasteiger partial charge in [0.05, 0.1) is 6.42 Å². The van der Waals surface area contributed by atoms with Gasteiger partial charge in [0.1, 0.15) is 11.6 Å². The van der Waals surface area contributed by atoms with E-state index in [0.717, 1.165) is 12.8 Å². The first-order valence-corrected chi connectivity index (χ1v) is 7.01. The smallest absolute Gasteiger partial charge is 0.305 e. The lowest BCUT2D eigenvalue weighted by molar-refractivity contribution is -0.136. The molecule has 0 fully saturated rings. The molecule has 0 saturated heterocycles. The number of carbonyl (C=O) groups is 2. The summed E-state index contributed by atoms with van der Waals surface area (Å²) in [6.07, 6.45) is 2.98. The number of aryl methyl sites for hydroxylation is 1. The van der Waals surface area contributed by atoms with E-state index in [2.05, 4.69) is 10.6 Å². The van der Waals surface area contributed by atoms with E-state index >= 15 is 0 Å². The van der Waals surface area contributed by atoms with Crippen molar-refractivity contribution in [3.8, 4) is 6.07 Å². The van der Waals surface area contributed by atoms with Crippen molar-refractivity contribution in [1.29, 1.82) is 5.26 Å². The highest BCUT2D eigenvalue weighted by atomic mass is 16.4. The van der Waals surface area contributed by atoms with Crippen molar-refractivity contribution in [3.63, 3.8) is 0 Å². The molecule has 0 radical (unpaired) electrons. The first-order valence-electron chi connectivity index (χ1n) is 7.01. The van der Waals surface area contributed by atoms with Crippen LogP contribution >= 0.6 is 0 Å². The Hall–Kier alpha value is -2.81. The number of carbonyl (C=O) groups excluding carboxylic acids is 1. The second-order valence-electron chi connectivity index (χ2n) is 4.61. The highest BCUT2D eigenvalue weighted by Crippen LogP contribution is 2.01.